The number of hydrogen-bond acceptors (Lipinski definition) is 5. The summed E-state index contributed by atoms with van der Waals surface area (Å²) in [5, 5.41) is 4.94. The third kappa shape index (κ3) is 7.78. The first-order valence-electron chi connectivity index (χ1n) is 11.4. The second-order valence-electron chi connectivity index (χ2n) is 8.21. The zero-order valence-electron chi connectivity index (χ0n) is 18.8. The van der Waals surface area contributed by atoms with Gasteiger partial charge in [0.1, 0.15) is 21.6 Å². The van der Waals surface area contributed by atoms with Gasteiger partial charge in [0.15, 0.2) is 0 Å². The highest BCUT2D eigenvalue weighted by Gasteiger charge is 2.33. The van der Waals surface area contributed by atoms with E-state index in [0.717, 1.165) is 28.0 Å². The monoisotopic (exact) mass is 437 g/mol. The van der Waals surface area contributed by atoms with Gasteiger partial charge in [0.25, 0.3) is 0 Å². The van der Waals surface area contributed by atoms with E-state index >= 15 is 0 Å². The maximum absolute atomic E-state index is 13.1. The van der Waals surface area contributed by atoms with Crippen LogP contribution in [0.5, 0.6) is 0 Å². The molecule has 4 nitrogen and oxygen atoms in total. The van der Waals surface area contributed by atoms with Crippen LogP contribution in [-0.2, 0) is 4.79 Å². The molecule has 0 aliphatic heterocycles. The van der Waals surface area contributed by atoms with Crippen LogP contribution in [0.2, 0.25) is 0 Å². The van der Waals surface area contributed by atoms with Crippen LogP contribution in [0.15, 0.2) is 10.1 Å². The van der Waals surface area contributed by atoms with Gasteiger partial charge in [-0.3, -0.25) is 4.79 Å². The average Bonchev–Trinajstić information content (AvgIpc) is 3.19. The molecule has 0 aromatic carbocycles. The van der Waals surface area contributed by atoms with Gasteiger partial charge in [0.05, 0.1) is 0 Å². The maximum atomic E-state index is 13.1. The van der Waals surface area contributed by atoms with Gasteiger partial charge in [-0.05, 0) is 44.6 Å². The van der Waals surface area contributed by atoms with Crippen molar-refractivity contribution in [2.45, 2.75) is 101 Å². The number of hydrogen-bond donors (Lipinski definition) is 1. The largest absolute Gasteiger partial charge is 0.321 e. The van der Waals surface area contributed by atoms with Crippen molar-refractivity contribution in [3.8, 4) is 0 Å². The second kappa shape index (κ2) is 13.5. The van der Waals surface area contributed by atoms with Gasteiger partial charge in [-0.25, -0.2) is 9.97 Å². The second-order valence-corrected chi connectivity index (χ2v) is 9.80. The first-order valence-corrected chi connectivity index (χ1v) is 13.8. The van der Waals surface area contributed by atoms with Crippen molar-refractivity contribution >= 4 is 35.1 Å². The van der Waals surface area contributed by atoms with Crippen LogP contribution in [-0.4, -0.2) is 28.4 Å². The van der Waals surface area contributed by atoms with E-state index < -0.39 is 0 Å². The van der Waals surface area contributed by atoms with E-state index in [4.69, 9.17) is 0 Å². The molecule has 0 saturated heterocycles. The summed E-state index contributed by atoms with van der Waals surface area (Å²) in [6, 6.07) is 0. The number of rotatable bonds is 13. The van der Waals surface area contributed by atoms with E-state index in [-0.39, 0.29) is 11.8 Å². The zero-order valence-corrected chi connectivity index (χ0v) is 20.4. The first kappa shape index (κ1) is 24.5. The number of carbonyl (C=O) groups excluding carboxylic acids is 1. The van der Waals surface area contributed by atoms with E-state index in [0.29, 0.717) is 5.92 Å². The third-order valence-electron chi connectivity index (χ3n) is 6.01. The van der Waals surface area contributed by atoms with Gasteiger partial charge in [-0.2, -0.15) is 0 Å². The molecule has 164 valence electrons. The molecule has 6 heteroatoms. The van der Waals surface area contributed by atoms with Crippen LogP contribution < -0.4 is 5.32 Å². The minimum Gasteiger partial charge on any atom is -0.321 e. The van der Waals surface area contributed by atoms with Crippen molar-refractivity contribution in [2.75, 3.05) is 17.8 Å². The van der Waals surface area contributed by atoms with Crippen LogP contribution in [0, 0.1) is 18.8 Å². The van der Waals surface area contributed by atoms with Crippen LogP contribution in [0.3, 0.4) is 0 Å². The summed E-state index contributed by atoms with van der Waals surface area (Å²) >= 11 is 3.14. The normalized spacial score (nSPS) is 18.9. The molecule has 1 heterocycles. The summed E-state index contributed by atoms with van der Waals surface area (Å²) < 4.78 is 0. The minimum atomic E-state index is 0.144. The third-order valence-corrected chi connectivity index (χ3v) is 7.38. The van der Waals surface area contributed by atoms with Gasteiger partial charge in [0, 0.05) is 5.92 Å². The van der Waals surface area contributed by atoms with Crippen molar-refractivity contribution in [1.29, 1.82) is 0 Å². The van der Waals surface area contributed by atoms with Gasteiger partial charge >= 0.3 is 0 Å². The number of amides is 1. The van der Waals surface area contributed by atoms with E-state index in [1.54, 1.807) is 23.5 Å². The lowest BCUT2D eigenvalue weighted by molar-refractivity contribution is -0.121. The number of nitrogens with one attached hydrogen (secondary N) is 1. The number of nitrogens with zero attached hydrogens (tertiary/aromatic N) is 2. The molecule has 0 radical (unpaired) electrons. The Morgan fingerprint density at radius 2 is 1.55 bits per heavy atom. The maximum Gasteiger partial charge on any atom is 0.227 e. The van der Waals surface area contributed by atoms with Crippen LogP contribution in [0.25, 0.3) is 0 Å². The van der Waals surface area contributed by atoms with Crippen molar-refractivity contribution in [3.05, 3.63) is 5.82 Å². The molecule has 2 rings (SSSR count). The molecule has 1 aromatic rings. The van der Waals surface area contributed by atoms with Gasteiger partial charge in [-0.1, -0.05) is 64.7 Å². The van der Waals surface area contributed by atoms with Crippen molar-refractivity contribution in [2.24, 2.45) is 11.8 Å². The summed E-state index contributed by atoms with van der Waals surface area (Å²) in [6.07, 6.45) is 19.4. The summed E-state index contributed by atoms with van der Waals surface area (Å²) in [6.45, 7) is 4.17. The molecule has 0 bridgehead atoms. The molecule has 1 aromatic heterocycles. The van der Waals surface area contributed by atoms with E-state index in [1.165, 1.54) is 70.6 Å². The van der Waals surface area contributed by atoms with Gasteiger partial charge < -0.3 is 5.32 Å². The quantitative estimate of drug-likeness (QED) is 0.202. The van der Waals surface area contributed by atoms with Gasteiger partial charge in [-0.15, -0.1) is 23.5 Å². The van der Waals surface area contributed by atoms with E-state index in [2.05, 4.69) is 22.2 Å². The Balaban J connectivity index is 1.84. The van der Waals surface area contributed by atoms with Crippen LogP contribution in [0.1, 0.15) is 89.8 Å². The topological polar surface area (TPSA) is 54.9 Å². The summed E-state index contributed by atoms with van der Waals surface area (Å²) in [5.74, 6) is 1.61. The fourth-order valence-corrected chi connectivity index (χ4v) is 5.62. The Labute approximate surface area is 186 Å². The highest BCUT2D eigenvalue weighted by atomic mass is 32.2. The molecule has 2 unspecified atom stereocenters. The molecule has 1 N–H and O–H groups in total. The van der Waals surface area contributed by atoms with Crippen molar-refractivity contribution < 1.29 is 4.79 Å². The fourth-order valence-electron chi connectivity index (χ4n) is 4.41. The molecule has 2 atom stereocenters. The molecule has 29 heavy (non-hydrogen) atoms. The fraction of sp³-hybridized carbons (Fsp3) is 0.783. The minimum absolute atomic E-state index is 0.144. The predicted octanol–water partition coefficient (Wildman–Crippen LogP) is 7.11. The Morgan fingerprint density at radius 1 is 0.966 bits per heavy atom. The highest BCUT2D eigenvalue weighted by Crippen LogP contribution is 2.38. The lowest BCUT2D eigenvalue weighted by Crippen LogP contribution is -2.26. The first-order chi connectivity index (χ1) is 14.1. The van der Waals surface area contributed by atoms with Crippen molar-refractivity contribution in [1.82, 2.24) is 9.97 Å². The smallest absolute Gasteiger partial charge is 0.227 e. The summed E-state index contributed by atoms with van der Waals surface area (Å²) in [5.41, 5.74) is 0.804. The number of carbonyl (C=O) groups is 1. The summed E-state index contributed by atoms with van der Waals surface area (Å²) in [7, 11) is 0. The van der Waals surface area contributed by atoms with E-state index in [1.807, 2.05) is 19.4 Å². The molecule has 1 aliphatic carbocycles. The number of thioether (sulfide) groups is 2. The van der Waals surface area contributed by atoms with Crippen LogP contribution >= 0.6 is 23.5 Å². The summed E-state index contributed by atoms with van der Waals surface area (Å²) in [4.78, 5) is 22.1. The number of unbranched alkanes of at least 4 members (excludes halogenated alkanes) is 7. The molecular formula is C23H39N3OS2. The molecule has 1 fully saturated rings. The van der Waals surface area contributed by atoms with Gasteiger partial charge in [0.2, 0.25) is 5.91 Å². The molecule has 0 spiro atoms. The highest BCUT2D eigenvalue weighted by molar-refractivity contribution is 7.99. The molecule has 1 amide bonds. The van der Waals surface area contributed by atoms with Crippen LogP contribution in [0.4, 0.5) is 5.69 Å². The number of aryl methyl sites for hydroxylation is 1. The standard InChI is InChI=1S/C23H39N3OS2/c1-5-6-7-8-9-10-11-12-14-18-15-13-16-19(18)21(27)26-20-22(28-3)24-17(2)25-23(20)29-4/h18-19H,5-16H2,1-4H3,(H,26,27). The SMILES string of the molecule is CCCCCCCCCCC1CCCC1C(=O)Nc1c(SC)nc(C)nc1SC. The molecule has 1 saturated carbocycles. The number of anilines is 1. The predicted molar refractivity (Wildman–Crippen MR) is 127 cm³/mol. The molecular weight excluding hydrogens is 398 g/mol. The van der Waals surface area contributed by atoms with E-state index in [9.17, 15) is 4.79 Å². The zero-order chi connectivity index (χ0) is 21.1. The Kier molecular flexibility index (Phi) is 11.4. The number of aromatic nitrogens is 2. The Bertz CT molecular complexity index is 614. The van der Waals surface area contributed by atoms with Crippen molar-refractivity contribution in [3.63, 3.8) is 0 Å². The Hall–Kier alpha value is -0.750. The molecule has 1 aliphatic rings. The Morgan fingerprint density at radius 3 is 2.14 bits per heavy atom. The average molecular weight is 438 g/mol. The lowest BCUT2D eigenvalue weighted by Gasteiger charge is -2.20. The lowest BCUT2D eigenvalue weighted by atomic mass is 9.89.